The summed E-state index contributed by atoms with van der Waals surface area (Å²) in [5.74, 6) is -0.112. The number of nitrogens with one attached hydrogen (secondary N) is 1. The number of nitrogens with zero attached hydrogens (tertiary/aromatic N) is 4. The monoisotopic (exact) mass is 517 g/mol. The van der Waals surface area contributed by atoms with E-state index < -0.39 is 0 Å². The first-order valence-corrected chi connectivity index (χ1v) is 13.8. The summed E-state index contributed by atoms with van der Waals surface area (Å²) >= 11 is 2.86. The van der Waals surface area contributed by atoms with Gasteiger partial charge in [-0.3, -0.25) is 23.9 Å². The van der Waals surface area contributed by atoms with Gasteiger partial charge in [0.25, 0.3) is 5.56 Å². The number of carbonyl (C=O) groups is 2. The lowest BCUT2D eigenvalue weighted by Gasteiger charge is -2.20. The molecular weight excluding hydrogens is 486 g/mol. The number of ether oxygens (including phenoxy) is 1. The highest BCUT2D eigenvalue weighted by atomic mass is 32.1. The van der Waals surface area contributed by atoms with Gasteiger partial charge in [0.15, 0.2) is 5.13 Å². The number of aryl methyl sites for hydroxylation is 2. The summed E-state index contributed by atoms with van der Waals surface area (Å²) in [6.07, 6.45) is 4.13. The van der Waals surface area contributed by atoms with Gasteiger partial charge in [0.05, 0.1) is 30.7 Å². The van der Waals surface area contributed by atoms with E-state index in [0.717, 1.165) is 49.2 Å². The normalized spacial score (nSPS) is 13.3. The summed E-state index contributed by atoms with van der Waals surface area (Å²) in [5, 5.41) is 5.55. The van der Waals surface area contributed by atoms with Crippen LogP contribution in [0.4, 0.5) is 5.13 Å². The van der Waals surface area contributed by atoms with Crippen LogP contribution in [0.2, 0.25) is 0 Å². The number of rotatable bonds is 10. The number of thiazole rings is 1. The Labute approximate surface area is 212 Å². The minimum atomic E-state index is -0.359. The molecule has 0 bridgehead atoms. The molecule has 0 aromatic carbocycles. The second-order valence-electron chi connectivity index (χ2n) is 8.45. The van der Waals surface area contributed by atoms with E-state index in [9.17, 15) is 14.4 Å². The molecule has 0 saturated heterocycles. The molecule has 9 nitrogen and oxygen atoms in total. The molecule has 4 rings (SSSR count). The highest BCUT2D eigenvalue weighted by molar-refractivity contribution is 7.18. The van der Waals surface area contributed by atoms with E-state index in [1.165, 1.54) is 20.8 Å². The third-order valence-electron chi connectivity index (χ3n) is 6.14. The topological polar surface area (TPSA) is 106 Å². The van der Waals surface area contributed by atoms with Gasteiger partial charge in [-0.1, -0.05) is 13.8 Å². The zero-order valence-electron chi connectivity index (χ0n) is 20.4. The van der Waals surface area contributed by atoms with Crippen molar-refractivity contribution in [3.63, 3.8) is 0 Å². The largest absolute Gasteiger partial charge is 0.466 e. The Balaban J connectivity index is 1.61. The Morgan fingerprint density at radius 1 is 1.17 bits per heavy atom. The number of hydrogen-bond acceptors (Lipinski definition) is 9. The Bertz CT molecular complexity index is 1270. The average molecular weight is 518 g/mol. The molecule has 11 heteroatoms. The minimum absolute atomic E-state index is 0.0531. The molecule has 0 fully saturated rings. The average Bonchev–Trinajstić information content (AvgIpc) is 3.43. The van der Waals surface area contributed by atoms with Gasteiger partial charge in [0, 0.05) is 10.3 Å². The van der Waals surface area contributed by atoms with Crippen LogP contribution < -0.4 is 10.9 Å². The van der Waals surface area contributed by atoms with Crippen molar-refractivity contribution in [2.75, 3.05) is 25.0 Å². The maximum Gasteiger partial charge on any atom is 0.311 e. The number of hydrogen-bond donors (Lipinski definition) is 1. The molecule has 188 valence electrons. The van der Waals surface area contributed by atoms with Gasteiger partial charge in [-0.2, -0.15) is 0 Å². The Morgan fingerprint density at radius 2 is 1.94 bits per heavy atom. The van der Waals surface area contributed by atoms with E-state index in [4.69, 9.17) is 9.72 Å². The first-order valence-electron chi connectivity index (χ1n) is 12.1. The van der Waals surface area contributed by atoms with Crippen molar-refractivity contribution >= 4 is 49.9 Å². The molecule has 0 radical (unpaired) electrons. The number of fused-ring (bicyclic) bond motifs is 3. The fourth-order valence-electron chi connectivity index (χ4n) is 4.32. The van der Waals surface area contributed by atoms with Crippen LogP contribution in [0.5, 0.6) is 0 Å². The van der Waals surface area contributed by atoms with E-state index in [-0.39, 0.29) is 30.4 Å². The number of aromatic nitrogens is 3. The molecule has 1 amide bonds. The van der Waals surface area contributed by atoms with E-state index in [1.807, 2.05) is 0 Å². The van der Waals surface area contributed by atoms with Crippen molar-refractivity contribution in [1.82, 2.24) is 19.4 Å². The number of thiophene rings is 1. The third kappa shape index (κ3) is 5.79. The van der Waals surface area contributed by atoms with Crippen LogP contribution in [0.15, 0.2) is 10.2 Å². The molecule has 0 aliphatic heterocycles. The Hall–Kier alpha value is -2.63. The van der Waals surface area contributed by atoms with Crippen LogP contribution in [0.3, 0.4) is 0 Å². The SMILES string of the molecule is CCOC(=O)Cc1csc(NC(=O)Cn2c(CN(CC)CC)nc3sc4c(c3c2=O)CCCC4)n1. The summed E-state index contributed by atoms with van der Waals surface area (Å²) in [7, 11) is 0. The second kappa shape index (κ2) is 11.4. The van der Waals surface area contributed by atoms with Gasteiger partial charge < -0.3 is 10.1 Å². The lowest BCUT2D eigenvalue weighted by atomic mass is 9.97. The molecule has 1 N–H and O–H groups in total. The molecule has 3 aromatic heterocycles. The van der Waals surface area contributed by atoms with Gasteiger partial charge in [-0.05, 0) is 51.3 Å². The van der Waals surface area contributed by atoms with Crippen LogP contribution in [-0.4, -0.2) is 51.0 Å². The predicted octanol–water partition coefficient (Wildman–Crippen LogP) is 3.38. The van der Waals surface area contributed by atoms with Crippen LogP contribution in [-0.2, 0) is 46.7 Å². The molecule has 1 aliphatic carbocycles. The fraction of sp³-hybridized carbons (Fsp3) is 0.542. The zero-order chi connectivity index (χ0) is 24.9. The van der Waals surface area contributed by atoms with Gasteiger partial charge >= 0.3 is 5.97 Å². The maximum absolute atomic E-state index is 13.7. The maximum atomic E-state index is 13.7. The summed E-state index contributed by atoms with van der Waals surface area (Å²) in [6, 6.07) is 0. The van der Waals surface area contributed by atoms with Crippen molar-refractivity contribution in [2.45, 2.75) is 66.0 Å². The van der Waals surface area contributed by atoms with Crippen LogP contribution in [0, 0.1) is 0 Å². The lowest BCUT2D eigenvalue weighted by Crippen LogP contribution is -2.34. The van der Waals surface area contributed by atoms with E-state index in [1.54, 1.807) is 23.6 Å². The van der Waals surface area contributed by atoms with Crippen molar-refractivity contribution in [2.24, 2.45) is 0 Å². The first kappa shape index (κ1) is 25.5. The Kier molecular flexibility index (Phi) is 8.30. The molecule has 0 atom stereocenters. The van der Waals surface area contributed by atoms with Crippen LogP contribution >= 0.6 is 22.7 Å². The third-order valence-corrected chi connectivity index (χ3v) is 8.14. The fourth-order valence-corrected chi connectivity index (χ4v) is 6.32. The summed E-state index contributed by atoms with van der Waals surface area (Å²) < 4.78 is 6.47. The summed E-state index contributed by atoms with van der Waals surface area (Å²) in [6.45, 7) is 8.18. The first-order chi connectivity index (χ1) is 16.9. The molecule has 35 heavy (non-hydrogen) atoms. The lowest BCUT2D eigenvalue weighted by molar-refractivity contribution is -0.142. The minimum Gasteiger partial charge on any atom is -0.466 e. The number of anilines is 1. The molecule has 0 saturated carbocycles. The zero-order valence-corrected chi connectivity index (χ0v) is 22.0. The van der Waals surface area contributed by atoms with Gasteiger partial charge in [-0.25, -0.2) is 9.97 Å². The summed E-state index contributed by atoms with van der Waals surface area (Å²) in [4.78, 5) is 51.8. The van der Waals surface area contributed by atoms with Gasteiger partial charge in [0.1, 0.15) is 17.2 Å². The van der Waals surface area contributed by atoms with E-state index in [2.05, 4.69) is 29.0 Å². The van der Waals surface area contributed by atoms with E-state index >= 15 is 0 Å². The number of amides is 1. The van der Waals surface area contributed by atoms with Crippen LogP contribution in [0.1, 0.15) is 55.6 Å². The van der Waals surface area contributed by atoms with Crippen molar-refractivity contribution < 1.29 is 14.3 Å². The van der Waals surface area contributed by atoms with E-state index in [0.29, 0.717) is 35.2 Å². The standard InChI is InChI=1S/C24H31N5O4S2/c1-4-28(5-2)12-18-26-22-21(16-9-7-8-10-17(16)35-22)23(32)29(18)13-19(30)27-24-25-15(14-34-24)11-20(31)33-6-3/h14H,4-13H2,1-3H3,(H,25,27,30). The molecule has 1 aliphatic rings. The predicted molar refractivity (Wildman–Crippen MR) is 138 cm³/mol. The molecular formula is C24H31N5O4S2. The second-order valence-corrected chi connectivity index (χ2v) is 10.4. The highest BCUT2D eigenvalue weighted by Gasteiger charge is 2.23. The van der Waals surface area contributed by atoms with Gasteiger partial charge in [-0.15, -0.1) is 22.7 Å². The summed E-state index contributed by atoms with van der Waals surface area (Å²) in [5.41, 5.74) is 1.51. The highest BCUT2D eigenvalue weighted by Crippen LogP contribution is 2.34. The van der Waals surface area contributed by atoms with Crippen molar-refractivity contribution in [3.05, 3.63) is 37.7 Å². The Morgan fingerprint density at radius 3 is 2.69 bits per heavy atom. The molecule has 0 spiro atoms. The quantitative estimate of drug-likeness (QED) is 0.411. The van der Waals surface area contributed by atoms with Crippen molar-refractivity contribution in [1.29, 1.82) is 0 Å². The number of esters is 1. The molecule has 3 aromatic rings. The molecule has 3 heterocycles. The smallest absolute Gasteiger partial charge is 0.311 e. The van der Waals surface area contributed by atoms with Gasteiger partial charge in [0.2, 0.25) is 5.91 Å². The number of carbonyl (C=O) groups excluding carboxylic acids is 2. The van der Waals surface area contributed by atoms with Crippen molar-refractivity contribution in [3.8, 4) is 0 Å². The van der Waals surface area contributed by atoms with Crippen LogP contribution in [0.25, 0.3) is 10.2 Å². The molecule has 0 unspecified atom stereocenters.